The maximum absolute atomic E-state index is 13.5. The standard InChI is InChI=1S/C23H23FN4O3/c1-14-9-10-18-21(30)19(23(31)27-17-8-4-5-15(24)11-17)12-28(22(18)25-14)13-20(29)26-16-6-2-3-7-16/h4-5,8-12,16H,2-3,6-7,13H2,1H3,(H,26,29)(H,27,31). The van der Waals surface area contributed by atoms with Gasteiger partial charge in [0.05, 0.1) is 5.39 Å². The van der Waals surface area contributed by atoms with Gasteiger partial charge in [-0.25, -0.2) is 9.37 Å². The summed E-state index contributed by atoms with van der Waals surface area (Å²) in [4.78, 5) is 42.8. The fourth-order valence-electron chi connectivity index (χ4n) is 3.90. The number of hydrogen-bond acceptors (Lipinski definition) is 4. The van der Waals surface area contributed by atoms with E-state index in [2.05, 4.69) is 15.6 Å². The molecule has 0 spiro atoms. The molecule has 2 aromatic heterocycles. The second kappa shape index (κ2) is 8.67. The molecule has 1 fully saturated rings. The zero-order valence-electron chi connectivity index (χ0n) is 17.2. The zero-order chi connectivity index (χ0) is 22.0. The molecular formula is C23H23FN4O3. The monoisotopic (exact) mass is 422 g/mol. The number of aryl methyl sites for hydroxylation is 1. The molecule has 4 rings (SSSR count). The highest BCUT2D eigenvalue weighted by molar-refractivity contribution is 6.05. The van der Waals surface area contributed by atoms with E-state index in [1.807, 2.05) is 0 Å². The predicted molar refractivity (Wildman–Crippen MR) is 115 cm³/mol. The van der Waals surface area contributed by atoms with Gasteiger partial charge in [-0.3, -0.25) is 14.4 Å². The predicted octanol–water partition coefficient (Wildman–Crippen LogP) is 3.16. The van der Waals surface area contributed by atoms with E-state index in [9.17, 15) is 18.8 Å². The first-order valence-corrected chi connectivity index (χ1v) is 10.3. The zero-order valence-corrected chi connectivity index (χ0v) is 17.2. The van der Waals surface area contributed by atoms with Gasteiger partial charge in [0.15, 0.2) is 0 Å². The third-order valence-electron chi connectivity index (χ3n) is 5.42. The van der Waals surface area contributed by atoms with E-state index in [4.69, 9.17) is 0 Å². The smallest absolute Gasteiger partial charge is 0.261 e. The van der Waals surface area contributed by atoms with Gasteiger partial charge in [-0.05, 0) is 50.1 Å². The second-order valence-electron chi connectivity index (χ2n) is 7.84. The van der Waals surface area contributed by atoms with Gasteiger partial charge < -0.3 is 15.2 Å². The molecule has 8 heteroatoms. The van der Waals surface area contributed by atoms with Gasteiger partial charge in [-0.1, -0.05) is 18.9 Å². The van der Waals surface area contributed by atoms with Crippen LogP contribution in [0.1, 0.15) is 41.7 Å². The van der Waals surface area contributed by atoms with Crippen molar-refractivity contribution in [3.8, 4) is 0 Å². The summed E-state index contributed by atoms with van der Waals surface area (Å²) in [7, 11) is 0. The van der Waals surface area contributed by atoms with Crippen LogP contribution in [-0.2, 0) is 11.3 Å². The molecule has 1 aliphatic rings. The number of carbonyl (C=O) groups excluding carboxylic acids is 2. The van der Waals surface area contributed by atoms with E-state index >= 15 is 0 Å². The molecule has 0 radical (unpaired) electrons. The van der Waals surface area contributed by atoms with Crippen molar-refractivity contribution in [1.82, 2.24) is 14.9 Å². The van der Waals surface area contributed by atoms with Gasteiger partial charge in [0.2, 0.25) is 11.3 Å². The number of amides is 2. The number of carbonyl (C=O) groups is 2. The number of anilines is 1. The summed E-state index contributed by atoms with van der Waals surface area (Å²) in [5.41, 5.74) is 0.625. The lowest BCUT2D eigenvalue weighted by Crippen LogP contribution is -2.36. The fraction of sp³-hybridized carbons (Fsp3) is 0.304. The summed E-state index contributed by atoms with van der Waals surface area (Å²) >= 11 is 0. The Hall–Kier alpha value is -3.55. The molecule has 1 aliphatic carbocycles. The third-order valence-corrected chi connectivity index (χ3v) is 5.42. The molecule has 0 atom stereocenters. The van der Waals surface area contributed by atoms with Crippen LogP contribution in [0.4, 0.5) is 10.1 Å². The van der Waals surface area contributed by atoms with Crippen molar-refractivity contribution < 1.29 is 14.0 Å². The number of benzene rings is 1. The molecule has 3 aromatic rings. The largest absolute Gasteiger partial charge is 0.352 e. The van der Waals surface area contributed by atoms with Crippen molar-refractivity contribution in [3.63, 3.8) is 0 Å². The van der Waals surface area contributed by atoms with E-state index < -0.39 is 17.2 Å². The Morgan fingerprint density at radius 3 is 2.71 bits per heavy atom. The second-order valence-corrected chi connectivity index (χ2v) is 7.84. The Morgan fingerprint density at radius 2 is 1.97 bits per heavy atom. The van der Waals surface area contributed by atoms with E-state index in [1.165, 1.54) is 29.0 Å². The average Bonchev–Trinajstić information content (AvgIpc) is 3.22. The number of rotatable bonds is 5. The summed E-state index contributed by atoms with van der Waals surface area (Å²) in [6.07, 6.45) is 5.44. The normalized spacial score (nSPS) is 14.0. The fourth-order valence-corrected chi connectivity index (χ4v) is 3.90. The topological polar surface area (TPSA) is 93.1 Å². The maximum atomic E-state index is 13.5. The van der Waals surface area contributed by atoms with Crippen LogP contribution < -0.4 is 16.1 Å². The summed E-state index contributed by atoms with van der Waals surface area (Å²) in [5, 5.41) is 5.79. The van der Waals surface area contributed by atoms with Crippen LogP contribution in [0.3, 0.4) is 0 Å². The van der Waals surface area contributed by atoms with Gasteiger partial charge in [0.25, 0.3) is 5.91 Å². The Bertz CT molecular complexity index is 1220. The molecule has 2 heterocycles. The number of fused-ring (bicyclic) bond motifs is 1. The third kappa shape index (κ3) is 4.63. The van der Waals surface area contributed by atoms with Crippen LogP contribution >= 0.6 is 0 Å². The first-order valence-electron chi connectivity index (χ1n) is 10.3. The SMILES string of the molecule is Cc1ccc2c(=O)c(C(=O)Nc3cccc(F)c3)cn(CC(=O)NC3CCCC3)c2n1. The molecule has 1 saturated carbocycles. The first kappa shape index (κ1) is 20.7. The maximum Gasteiger partial charge on any atom is 0.261 e. The Kier molecular flexibility index (Phi) is 5.79. The number of nitrogens with one attached hydrogen (secondary N) is 2. The molecule has 2 amide bonds. The van der Waals surface area contributed by atoms with Crippen LogP contribution in [0, 0.1) is 12.7 Å². The van der Waals surface area contributed by atoms with Crippen LogP contribution in [-0.4, -0.2) is 27.4 Å². The summed E-state index contributed by atoms with van der Waals surface area (Å²) in [6.45, 7) is 1.72. The van der Waals surface area contributed by atoms with Gasteiger partial charge >= 0.3 is 0 Å². The van der Waals surface area contributed by atoms with Gasteiger partial charge in [-0.15, -0.1) is 0 Å². The highest BCUT2D eigenvalue weighted by Crippen LogP contribution is 2.18. The minimum absolute atomic E-state index is 0.0655. The minimum Gasteiger partial charge on any atom is -0.352 e. The van der Waals surface area contributed by atoms with Crippen LogP contribution in [0.25, 0.3) is 11.0 Å². The average molecular weight is 422 g/mol. The number of aromatic nitrogens is 2. The molecule has 1 aromatic carbocycles. The molecule has 0 unspecified atom stereocenters. The lowest BCUT2D eigenvalue weighted by Gasteiger charge is -2.16. The van der Waals surface area contributed by atoms with Crippen LogP contribution in [0.2, 0.25) is 0 Å². The lowest BCUT2D eigenvalue weighted by molar-refractivity contribution is -0.122. The summed E-state index contributed by atoms with van der Waals surface area (Å²) in [6, 6.07) is 8.85. The Balaban J connectivity index is 1.69. The molecule has 0 saturated heterocycles. The molecule has 160 valence electrons. The van der Waals surface area contributed by atoms with Gasteiger partial charge in [0, 0.05) is 23.6 Å². The van der Waals surface area contributed by atoms with Crippen molar-refractivity contribution in [3.05, 3.63) is 69.9 Å². The summed E-state index contributed by atoms with van der Waals surface area (Å²) < 4.78 is 15.0. The van der Waals surface area contributed by atoms with Crippen molar-refractivity contribution >= 4 is 28.5 Å². The number of halogens is 1. The van der Waals surface area contributed by atoms with E-state index in [1.54, 1.807) is 19.1 Å². The highest BCUT2D eigenvalue weighted by atomic mass is 19.1. The highest BCUT2D eigenvalue weighted by Gasteiger charge is 2.20. The molecule has 0 bridgehead atoms. The van der Waals surface area contributed by atoms with Crippen molar-refractivity contribution in [2.75, 3.05) is 5.32 Å². The van der Waals surface area contributed by atoms with Crippen molar-refractivity contribution in [1.29, 1.82) is 0 Å². The molecule has 7 nitrogen and oxygen atoms in total. The van der Waals surface area contributed by atoms with Gasteiger partial charge in [-0.2, -0.15) is 0 Å². The van der Waals surface area contributed by atoms with Crippen molar-refractivity contribution in [2.24, 2.45) is 0 Å². The first-order chi connectivity index (χ1) is 14.9. The minimum atomic E-state index is -0.678. The van der Waals surface area contributed by atoms with E-state index in [0.29, 0.717) is 11.3 Å². The molecule has 31 heavy (non-hydrogen) atoms. The van der Waals surface area contributed by atoms with E-state index in [0.717, 1.165) is 31.7 Å². The van der Waals surface area contributed by atoms with Crippen LogP contribution in [0.5, 0.6) is 0 Å². The number of pyridine rings is 2. The summed E-state index contributed by atoms with van der Waals surface area (Å²) in [5.74, 6) is -1.38. The Morgan fingerprint density at radius 1 is 1.19 bits per heavy atom. The van der Waals surface area contributed by atoms with Gasteiger partial charge in [0.1, 0.15) is 23.6 Å². The van der Waals surface area contributed by atoms with Crippen molar-refractivity contribution in [2.45, 2.75) is 45.2 Å². The number of nitrogens with zero attached hydrogens (tertiary/aromatic N) is 2. The molecule has 0 aliphatic heterocycles. The van der Waals surface area contributed by atoms with Crippen LogP contribution in [0.15, 0.2) is 47.4 Å². The quantitative estimate of drug-likeness (QED) is 0.661. The number of hydrogen-bond donors (Lipinski definition) is 2. The Labute approximate surface area is 178 Å². The molecular weight excluding hydrogens is 399 g/mol. The molecule has 2 N–H and O–H groups in total. The van der Waals surface area contributed by atoms with E-state index in [-0.39, 0.29) is 35.1 Å². The lowest BCUT2D eigenvalue weighted by atomic mass is 10.1.